The van der Waals surface area contributed by atoms with Crippen LogP contribution in [0.1, 0.15) is 0 Å². The third-order valence-corrected chi connectivity index (χ3v) is 2.15. The first-order valence-corrected chi connectivity index (χ1v) is 4.22. The van der Waals surface area contributed by atoms with Gasteiger partial charge in [-0.3, -0.25) is 10.2 Å². The van der Waals surface area contributed by atoms with E-state index in [0.29, 0.717) is 26.2 Å². The van der Waals surface area contributed by atoms with Crippen LogP contribution in [0.3, 0.4) is 0 Å². The first-order valence-electron chi connectivity index (χ1n) is 4.22. The Hall–Kier alpha value is -0.570. The number of carbonyl (C=O) groups excluding carboxylic acids is 1. The van der Waals surface area contributed by atoms with Gasteiger partial charge in [-0.15, -0.1) is 24.0 Å². The monoisotopic (exact) mass is 313 g/mol. The fourth-order valence-corrected chi connectivity index (χ4v) is 1.33. The van der Waals surface area contributed by atoms with Crippen molar-refractivity contribution in [2.75, 3.05) is 32.7 Å². The summed E-state index contributed by atoms with van der Waals surface area (Å²) in [4.78, 5) is 14.6. The van der Waals surface area contributed by atoms with Crippen molar-refractivity contribution in [2.24, 2.45) is 11.5 Å². The van der Waals surface area contributed by atoms with Crippen LogP contribution in [0.15, 0.2) is 0 Å². The van der Waals surface area contributed by atoms with E-state index in [2.05, 4.69) is 0 Å². The number of piperazine rings is 1. The standard InChI is InChI=1S/C7H15N5O.HI/c8-5-6(13)11-1-3-12(4-2-11)7(9)10;/h1-5,8H2,(H3,9,10);1H. The maximum Gasteiger partial charge on any atom is 0.236 e. The van der Waals surface area contributed by atoms with Gasteiger partial charge in [0, 0.05) is 26.2 Å². The minimum Gasteiger partial charge on any atom is -0.370 e. The van der Waals surface area contributed by atoms with Gasteiger partial charge in [0.1, 0.15) is 0 Å². The summed E-state index contributed by atoms with van der Waals surface area (Å²) in [5.74, 6) is 0.0306. The lowest BCUT2D eigenvalue weighted by Crippen LogP contribution is -2.53. The van der Waals surface area contributed by atoms with E-state index in [1.807, 2.05) is 0 Å². The molecule has 1 heterocycles. The Balaban J connectivity index is 0.00000169. The van der Waals surface area contributed by atoms with Gasteiger partial charge in [-0.25, -0.2) is 0 Å². The highest BCUT2D eigenvalue weighted by atomic mass is 127. The van der Waals surface area contributed by atoms with Crippen molar-refractivity contribution < 1.29 is 4.79 Å². The molecule has 0 aromatic rings. The Kier molecular flexibility index (Phi) is 5.77. The molecular weight excluding hydrogens is 297 g/mol. The van der Waals surface area contributed by atoms with E-state index in [0.717, 1.165) is 0 Å². The number of rotatable bonds is 1. The Morgan fingerprint density at radius 2 is 1.64 bits per heavy atom. The molecule has 0 aliphatic carbocycles. The largest absolute Gasteiger partial charge is 0.370 e. The minimum atomic E-state index is -0.0387. The van der Waals surface area contributed by atoms with Gasteiger partial charge < -0.3 is 21.3 Å². The normalized spacial score (nSPS) is 16.1. The van der Waals surface area contributed by atoms with E-state index < -0.39 is 0 Å². The van der Waals surface area contributed by atoms with Gasteiger partial charge >= 0.3 is 0 Å². The molecular formula is C7H16IN5O. The van der Waals surface area contributed by atoms with Crippen LogP contribution in [0.2, 0.25) is 0 Å². The van der Waals surface area contributed by atoms with E-state index in [1.54, 1.807) is 9.80 Å². The molecule has 1 rings (SSSR count). The molecule has 1 saturated heterocycles. The zero-order valence-corrected chi connectivity index (χ0v) is 10.2. The van der Waals surface area contributed by atoms with Crippen LogP contribution < -0.4 is 11.5 Å². The molecule has 5 N–H and O–H groups in total. The summed E-state index contributed by atoms with van der Waals surface area (Å²) in [6.07, 6.45) is 0. The topological polar surface area (TPSA) is 99.4 Å². The number of hydrogen-bond acceptors (Lipinski definition) is 3. The van der Waals surface area contributed by atoms with Gasteiger partial charge in [0.2, 0.25) is 5.91 Å². The van der Waals surface area contributed by atoms with Gasteiger partial charge in [0.05, 0.1) is 6.54 Å². The molecule has 1 amide bonds. The number of carbonyl (C=O) groups is 1. The van der Waals surface area contributed by atoms with E-state index in [4.69, 9.17) is 16.9 Å². The van der Waals surface area contributed by atoms with Crippen LogP contribution in [0, 0.1) is 5.41 Å². The Morgan fingerprint density at radius 3 is 2.00 bits per heavy atom. The molecule has 0 radical (unpaired) electrons. The van der Waals surface area contributed by atoms with E-state index >= 15 is 0 Å². The lowest BCUT2D eigenvalue weighted by Gasteiger charge is -2.34. The third-order valence-electron chi connectivity index (χ3n) is 2.15. The Labute approximate surface area is 100 Å². The summed E-state index contributed by atoms with van der Waals surface area (Å²) in [6.45, 7) is 2.52. The number of nitrogens with zero attached hydrogens (tertiary/aromatic N) is 2. The molecule has 82 valence electrons. The molecule has 0 saturated carbocycles. The lowest BCUT2D eigenvalue weighted by atomic mass is 10.3. The lowest BCUT2D eigenvalue weighted by molar-refractivity contribution is -0.130. The molecule has 0 spiro atoms. The van der Waals surface area contributed by atoms with Crippen molar-refractivity contribution in [3.05, 3.63) is 0 Å². The Bertz CT molecular complexity index is 214. The summed E-state index contributed by atoms with van der Waals surface area (Å²) in [5.41, 5.74) is 10.5. The average molecular weight is 313 g/mol. The molecule has 1 aliphatic rings. The number of halogens is 1. The number of amides is 1. The molecule has 0 aromatic carbocycles. The van der Waals surface area contributed by atoms with Gasteiger partial charge in [-0.2, -0.15) is 0 Å². The van der Waals surface area contributed by atoms with Crippen molar-refractivity contribution in [1.82, 2.24) is 9.80 Å². The predicted molar refractivity (Wildman–Crippen MR) is 64.5 cm³/mol. The summed E-state index contributed by atoms with van der Waals surface area (Å²) in [6, 6.07) is 0. The van der Waals surface area contributed by atoms with Crippen LogP contribution >= 0.6 is 24.0 Å². The molecule has 6 nitrogen and oxygen atoms in total. The summed E-state index contributed by atoms with van der Waals surface area (Å²) in [5, 5.41) is 7.18. The Morgan fingerprint density at radius 1 is 1.21 bits per heavy atom. The molecule has 1 aliphatic heterocycles. The highest BCUT2D eigenvalue weighted by Crippen LogP contribution is 2.00. The van der Waals surface area contributed by atoms with Crippen LogP contribution in [-0.2, 0) is 4.79 Å². The molecule has 0 atom stereocenters. The van der Waals surface area contributed by atoms with Gasteiger partial charge in [0.15, 0.2) is 5.96 Å². The molecule has 7 heteroatoms. The number of nitrogens with two attached hydrogens (primary N) is 2. The van der Waals surface area contributed by atoms with Gasteiger partial charge in [-0.1, -0.05) is 0 Å². The first kappa shape index (κ1) is 13.4. The first-order chi connectivity index (χ1) is 6.15. The molecule has 0 bridgehead atoms. The number of hydrogen-bond donors (Lipinski definition) is 3. The SMILES string of the molecule is I.N=C(N)N1CCN(C(=O)CN)CC1. The molecule has 14 heavy (non-hydrogen) atoms. The van der Waals surface area contributed by atoms with Crippen LogP contribution in [0.4, 0.5) is 0 Å². The van der Waals surface area contributed by atoms with Crippen molar-refractivity contribution >= 4 is 35.8 Å². The second-order valence-corrected chi connectivity index (χ2v) is 2.96. The van der Waals surface area contributed by atoms with Crippen molar-refractivity contribution in [1.29, 1.82) is 5.41 Å². The molecule has 1 fully saturated rings. The van der Waals surface area contributed by atoms with Crippen molar-refractivity contribution in [2.45, 2.75) is 0 Å². The smallest absolute Gasteiger partial charge is 0.236 e. The third kappa shape index (κ3) is 3.29. The zero-order chi connectivity index (χ0) is 9.84. The predicted octanol–water partition coefficient (Wildman–Crippen LogP) is -1.40. The van der Waals surface area contributed by atoms with Gasteiger partial charge in [-0.05, 0) is 0 Å². The number of nitrogens with one attached hydrogen (secondary N) is 1. The van der Waals surface area contributed by atoms with Crippen LogP contribution in [0.25, 0.3) is 0 Å². The van der Waals surface area contributed by atoms with E-state index in [9.17, 15) is 4.79 Å². The second kappa shape index (κ2) is 6.02. The van der Waals surface area contributed by atoms with Crippen molar-refractivity contribution in [3.8, 4) is 0 Å². The highest BCUT2D eigenvalue weighted by molar-refractivity contribution is 14.0. The fourth-order valence-electron chi connectivity index (χ4n) is 1.33. The maximum atomic E-state index is 11.1. The second-order valence-electron chi connectivity index (χ2n) is 2.96. The summed E-state index contributed by atoms with van der Waals surface area (Å²) < 4.78 is 0. The zero-order valence-electron chi connectivity index (χ0n) is 7.90. The summed E-state index contributed by atoms with van der Waals surface area (Å²) >= 11 is 0. The summed E-state index contributed by atoms with van der Waals surface area (Å²) in [7, 11) is 0. The fraction of sp³-hybridized carbons (Fsp3) is 0.714. The molecule has 0 aromatic heterocycles. The van der Waals surface area contributed by atoms with Crippen molar-refractivity contribution in [3.63, 3.8) is 0 Å². The van der Waals surface area contributed by atoms with E-state index in [-0.39, 0.29) is 42.4 Å². The maximum absolute atomic E-state index is 11.1. The highest BCUT2D eigenvalue weighted by Gasteiger charge is 2.20. The van der Waals surface area contributed by atoms with Crippen LogP contribution in [0.5, 0.6) is 0 Å². The van der Waals surface area contributed by atoms with Gasteiger partial charge in [0.25, 0.3) is 0 Å². The quantitative estimate of drug-likeness (QED) is 0.315. The molecule has 0 unspecified atom stereocenters. The minimum absolute atomic E-state index is 0. The van der Waals surface area contributed by atoms with E-state index in [1.165, 1.54) is 0 Å². The average Bonchev–Trinajstić information content (AvgIpc) is 2.17. The number of guanidine groups is 1. The van der Waals surface area contributed by atoms with Crippen LogP contribution in [-0.4, -0.2) is 54.4 Å².